The van der Waals surface area contributed by atoms with Gasteiger partial charge < -0.3 is 15.4 Å². The molecular weight excluding hydrogens is 402 g/mol. The summed E-state index contributed by atoms with van der Waals surface area (Å²) in [4.78, 5) is 28.8. The zero-order chi connectivity index (χ0) is 22.9. The highest BCUT2D eigenvalue weighted by atomic mass is 16.5. The summed E-state index contributed by atoms with van der Waals surface area (Å²) >= 11 is 0. The molecule has 2 amide bonds. The summed E-state index contributed by atoms with van der Waals surface area (Å²) in [6.45, 7) is 7.05. The molecule has 32 heavy (non-hydrogen) atoms. The number of ether oxygens (including phenoxy) is 1. The number of fused-ring (bicyclic) bond motifs is 1. The number of allylic oxidation sites excluding steroid dienone is 1. The van der Waals surface area contributed by atoms with E-state index < -0.39 is 6.04 Å². The molecule has 168 valence electrons. The van der Waals surface area contributed by atoms with Crippen molar-refractivity contribution >= 4 is 23.2 Å². The molecule has 2 aliphatic rings. The van der Waals surface area contributed by atoms with Crippen LogP contribution in [0.3, 0.4) is 0 Å². The number of ketones is 1. The van der Waals surface area contributed by atoms with Crippen molar-refractivity contribution < 1.29 is 14.3 Å². The Morgan fingerprint density at radius 2 is 1.88 bits per heavy atom. The first-order valence-corrected chi connectivity index (χ1v) is 11.1. The smallest absolute Gasteiger partial charge is 0.322 e. The van der Waals surface area contributed by atoms with Gasteiger partial charge in [-0.05, 0) is 36.5 Å². The van der Waals surface area contributed by atoms with E-state index in [0.29, 0.717) is 25.1 Å². The molecule has 6 nitrogen and oxygen atoms in total. The van der Waals surface area contributed by atoms with Crippen LogP contribution in [0.1, 0.15) is 43.9 Å². The molecule has 2 aromatic carbocycles. The number of carbonyl (C=O) groups is 2. The quantitative estimate of drug-likeness (QED) is 0.668. The monoisotopic (exact) mass is 433 g/mol. The minimum atomic E-state index is -0.520. The zero-order valence-corrected chi connectivity index (χ0v) is 19.2. The van der Waals surface area contributed by atoms with E-state index >= 15 is 0 Å². The SMILES string of the molecule is COCCNC(=O)N1c2ccccc2NC2=C(C(=O)CC(C)(C)C2)[C@H]1c1ccc(C)cc1. The Bertz CT molecular complexity index is 1060. The molecule has 2 aromatic rings. The summed E-state index contributed by atoms with van der Waals surface area (Å²) in [5.74, 6) is 0.0804. The van der Waals surface area contributed by atoms with Gasteiger partial charge in [0.25, 0.3) is 0 Å². The Labute approximate surface area is 189 Å². The molecule has 4 rings (SSSR count). The molecule has 0 saturated heterocycles. The summed E-state index contributed by atoms with van der Waals surface area (Å²) in [5.41, 5.74) is 5.03. The number of aryl methyl sites for hydroxylation is 1. The van der Waals surface area contributed by atoms with E-state index in [-0.39, 0.29) is 17.2 Å². The Balaban J connectivity index is 1.92. The lowest BCUT2D eigenvalue weighted by Crippen LogP contribution is -2.45. The molecule has 1 atom stereocenters. The summed E-state index contributed by atoms with van der Waals surface area (Å²) in [5, 5.41) is 6.48. The van der Waals surface area contributed by atoms with Crippen LogP contribution in [0.5, 0.6) is 0 Å². The van der Waals surface area contributed by atoms with E-state index in [1.165, 1.54) is 0 Å². The number of Topliss-reactive ketones (excluding diaryl/α,β-unsaturated/α-hetero) is 1. The number of para-hydroxylation sites is 2. The van der Waals surface area contributed by atoms with Crippen molar-refractivity contribution in [3.63, 3.8) is 0 Å². The maximum Gasteiger partial charge on any atom is 0.322 e. The van der Waals surface area contributed by atoms with E-state index in [0.717, 1.165) is 34.6 Å². The first-order chi connectivity index (χ1) is 15.3. The second-order valence-corrected chi connectivity index (χ2v) is 9.38. The van der Waals surface area contributed by atoms with Crippen molar-refractivity contribution in [3.05, 3.63) is 70.9 Å². The Morgan fingerprint density at radius 3 is 2.59 bits per heavy atom. The fraction of sp³-hybridized carbons (Fsp3) is 0.385. The number of methoxy groups -OCH3 is 1. The second-order valence-electron chi connectivity index (χ2n) is 9.38. The van der Waals surface area contributed by atoms with Gasteiger partial charge in [0.15, 0.2) is 5.78 Å². The lowest BCUT2D eigenvalue weighted by atomic mass is 9.73. The molecule has 0 spiro atoms. The molecule has 2 N–H and O–H groups in total. The molecule has 0 saturated carbocycles. The molecule has 1 heterocycles. The van der Waals surface area contributed by atoms with E-state index in [1.54, 1.807) is 12.0 Å². The second kappa shape index (κ2) is 8.79. The summed E-state index contributed by atoms with van der Waals surface area (Å²) in [7, 11) is 1.60. The number of hydrogen-bond acceptors (Lipinski definition) is 4. The molecular formula is C26H31N3O3. The predicted octanol–water partition coefficient (Wildman–Crippen LogP) is 4.97. The van der Waals surface area contributed by atoms with Gasteiger partial charge in [-0.15, -0.1) is 0 Å². The molecule has 0 aromatic heterocycles. The topological polar surface area (TPSA) is 70.7 Å². The Morgan fingerprint density at radius 1 is 1.16 bits per heavy atom. The third kappa shape index (κ3) is 4.28. The van der Waals surface area contributed by atoms with Crippen molar-refractivity contribution in [2.24, 2.45) is 5.41 Å². The third-order valence-electron chi connectivity index (χ3n) is 6.10. The van der Waals surface area contributed by atoms with Crippen LogP contribution in [0.4, 0.5) is 16.2 Å². The van der Waals surface area contributed by atoms with Gasteiger partial charge in [-0.3, -0.25) is 9.69 Å². The van der Waals surface area contributed by atoms with Crippen molar-refractivity contribution in [2.75, 3.05) is 30.5 Å². The predicted molar refractivity (Wildman–Crippen MR) is 127 cm³/mol. The lowest BCUT2D eigenvalue weighted by Gasteiger charge is -2.37. The van der Waals surface area contributed by atoms with Gasteiger partial charge in [0.05, 0.1) is 24.0 Å². The maximum atomic E-state index is 13.6. The number of nitrogens with zero attached hydrogens (tertiary/aromatic N) is 1. The standard InChI is InChI=1S/C26H31N3O3/c1-17-9-11-18(12-10-17)24-23-20(15-26(2,3)16-22(23)30)28-19-7-5-6-8-21(19)29(24)25(31)27-13-14-32-4/h5-12,24,28H,13-16H2,1-4H3,(H,27,31)/t24-/m1/s1. The van der Waals surface area contributed by atoms with Gasteiger partial charge in [0, 0.05) is 31.3 Å². The average Bonchev–Trinajstić information content (AvgIpc) is 2.88. The van der Waals surface area contributed by atoms with Crippen molar-refractivity contribution in [3.8, 4) is 0 Å². The minimum Gasteiger partial charge on any atom is -0.383 e. The first-order valence-electron chi connectivity index (χ1n) is 11.1. The zero-order valence-electron chi connectivity index (χ0n) is 19.2. The third-order valence-corrected chi connectivity index (χ3v) is 6.10. The number of amides is 2. The van der Waals surface area contributed by atoms with Crippen LogP contribution in [-0.2, 0) is 9.53 Å². The molecule has 0 unspecified atom stereocenters. The fourth-order valence-corrected chi connectivity index (χ4v) is 4.62. The average molecular weight is 434 g/mol. The van der Waals surface area contributed by atoms with Gasteiger partial charge in [0.1, 0.15) is 0 Å². The Kier molecular flexibility index (Phi) is 6.07. The Hall–Kier alpha value is -3.12. The van der Waals surface area contributed by atoms with Crippen LogP contribution >= 0.6 is 0 Å². The molecule has 0 radical (unpaired) electrons. The summed E-state index contributed by atoms with van der Waals surface area (Å²) < 4.78 is 5.12. The molecule has 0 fully saturated rings. The van der Waals surface area contributed by atoms with Crippen LogP contribution in [0.15, 0.2) is 59.8 Å². The highest BCUT2D eigenvalue weighted by molar-refractivity contribution is 6.06. The van der Waals surface area contributed by atoms with Gasteiger partial charge in [0.2, 0.25) is 0 Å². The van der Waals surface area contributed by atoms with Gasteiger partial charge >= 0.3 is 6.03 Å². The number of hydrogen-bond donors (Lipinski definition) is 2. The van der Waals surface area contributed by atoms with Crippen molar-refractivity contribution in [1.82, 2.24) is 5.32 Å². The van der Waals surface area contributed by atoms with Crippen molar-refractivity contribution in [2.45, 2.75) is 39.7 Å². The van der Waals surface area contributed by atoms with Crippen LogP contribution in [0.2, 0.25) is 0 Å². The molecule has 0 bridgehead atoms. The van der Waals surface area contributed by atoms with Crippen LogP contribution in [0, 0.1) is 12.3 Å². The highest BCUT2D eigenvalue weighted by Gasteiger charge is 2.43. The van der Waals surface area contributed by atoms with E-state index in [1.807, 2.05) is 55.5 Å². The number of urea groups is 1. The minimum absolute atomic E-state index is 0.0804. The maximum absolute atomic E-state index is 13.6. The molecule has 1 aliphatic carbocycles. The number of carbonyl (C=O) groups excluding carboxylic acids is 2. The van der Waals surface area contributed by atoms with Crippen LogP contribution in [-0.4, -0.2) is 32.1 Å². The first kappa shape index (κ1) is 22.1. The largest absolute Gasteiger partial charge is 0.383 e. The van der Waals surface area contributed by atoms with Crippen molar-refractivity contribution in [1.29, 1.82) is 0 Å². The van der Waals surface area contributed by atoms with Gasteiger partial charge in [-0.2, -0.15) is 0 Å². The van der Waals surface area contributed by atoms with Gasteiger partial charge in [-0.1, -0.05) is 55.8 Å². The summed E-state index contributed by atoms with van der Waals surface area (Å²) in [6.07, 6.45) is 1.19. The highest BCUT2D eigenvalue weighted by Crippen LogP contribution is 2.48. The van der Waals surface area contributed by atoms with Crippen LogP contribution in [0.25, 0.3) is 0 Å². The van der Waals surface area contributed by atoms with E-state index in [9.17, 15) is 9.59 Å². The van der Waals surface area contributed by atoms with E-state index in [2.05, 4.69) is 24.5 Å². The number of nitrogens with one attached hydrogen (secondary N) is 2. The fourth-order valence-electron chi connectivity index (χ4n) is 4.62. The summed E-state index contributed by atoms with van der Waals surface area (Å²) in [6, 6.07) is 15.0. The number of rotatable bonds is 4. The van der Waals surface area contributed by atoms with E-state index in [4.69, 9.17) is 4.74 Å². The van der Waals surface area contributed by atoms with Crippen LogP contribution < -0.4 is 15.5 Å². The number of anilines is 2. The lowest BCUT2D eigenvalue weighted by molar-refractivity contribution is -0.118. The molecule has 1 aliphatic heterocycles. The normalized spacial score (nSPS) is 19.6. The van der Waals surface area contributed by atoms with Gasteiger partial charge in [-0.25, -0.2) is 4.79 Å². The molecule has 6 heteroatoms. The number of benzene rings is 2.